The van der Waals surface area contributed by atoms with E-state index in [-0.39, 0.29) is 25.4 Å². The Morgan fingerprint density at radius 2 is 1.88 bits per heavy atom. The average molecular weight is 441 g/mol. The summed E-state index contributed by atoms with van der Waals surface area (Å²) in [6.45, 7) is 5.50. The molecule has 2 aromatic carbocycles. The molecule has 0 heterocycles. The van der Waals surface area contributed by atoms with E-state index in [1.807, 2.05) is 19.1 Å². The van der Waals surface area contributed by atoms with Crippen LogP contribution < -0.4 is 10.1 Å². The van der Waals surface area contributed by atoms with Crippen LogP contribution in [0.25, 0.3) is 0 Å². The molecule has 1 aliphatic carbocycles. The second-order valence-corrected chi connectivity index (χ2v) is 8.12. The fraction of sp³-hybridized carbons (Fsp3) is 0.400. The molecule has 0 radical (unpaired) electrons. The van der Waals surface area contributed by atoms with Crippen LogP contribution in [0.5, 0.6) is 5.75 Å². The highest BCUT2D eigenvalue weighted by Gasteiger charge is 2.64. The summed E-state index contributed by atoms with van der Waals surface area (Å²) in [5.41, 5.74) is 0.462. The Balaban J connectivity index is 1.99. The van der Waals surface area contributed by atoms with E-state index in [2.05, 4.69) is 5.32 Å². The number of aryl methyl sites for hydroxylation is 1. The summed E-state index contributed by atoms with van der Waals surface area (Å²) >= 11 is 0. The molecular weight excluding hydrogens is 413 g/mol. The predicted octanol–water partition coefficient (Wildman–Crippen LogP) is 3.70. The van der Waals surface area contributed by atoms with Crippen molar-refractivity contribution in [2.24, 2.45) is 11.3 Å². The Bertz CT molecular complexity index is 1020. The van der Waals surface area contributed by atoms with Crippen LogP contribution in [0.3, 0.4) is 0 Å². The first-order chi connectivity index (χ1) is 15.2. The number of hydrogen-bond acceptors (Lipinski definition) is 5. The highest BCUT2D eigenvalue weighted by molar-refractivity contribution is 6.12. The van der Waals surface area contributed by atoms with Crippen LogP contribution in [0.1, 0.15) is 42.9 Å². The van der Waals surface area contributed by atoms with Gasteiger partial charge in [0, 0.05) is 13.0 Å². The van der Waals surface area contributed by atoms with Crippen LogP contribution >= 0.6 is 0 Å². The lowest BCUT2D eigenvalue weighted by molar-refractivity contribution is -0.165. The highest BCUT2D eigenvalue weighted by Crippen LogP contribution is 2.52. The van der Waals surface area contributed by atoms with Crippen LogP contribution in [0.15, 0.2) is 42.5 Å². The van der Waals surface area contributed by atoms with Gasteiger partial charge in [-0.1, -0.05) is 25.1 Å². The molecule has 3 unspecified atom stereocenters. The molecule has 32 heavy (non-hydrogen) atoms. The van der Waals surface area contributed by atoms with Crippen molar-refractivity contribution < 1.29 is 28.2 Å². The van der Waals surface area contributed by atoms with Crippen LogP contribution in [0.4, 0.5) is 4.39 Å². The fourth-order valence-corrected chi connectivity index (χ4v) is 4.56. The van der Waals surface area contributed by atoms with Gasteiger partial charge in [0.25, 0.3) is 0 Å². The number of carbonyl (C=O) groups is 3. The van der Waals surface area contributed by atoms with Crippen LogP contribution in [0.2, 0.25) is 0 Å². The molecule has 1 fully saturated rings. The molecule has 0 bridgehead atoms. The van der Waals surface area contributed by atoms with Crippen molar-refractivity contribution >= 4 is 17.7 Å². The Kier molecular flexibility index (Phi) is 6.96. The first-order valence-corrected chi connectivity index (χ1v) is 10.6. The van der Waals surface area contributed by atoms with Gasteiger partial charge in [0.05, 0.1) is 19.6 Å². The minimum Gasteiger partial charge on any atom is -0.497 e. The zero-order valence-corrected chi connectivity index (χ0v) is 18.7. The minimum atomic E-state index is -1.73. The summed E-state index contributed by atoms with van der Waals surface area (Å²) in [5.74, 6) is -2.95. The maximum atomic E-state index is 13.6. The maximum absolute atomic E-state index is 13.6. The molecule has 1 saturated carbocycles. The third-order valence-electron chi connectivity index (χ3n) is 6.24. The van der Waals surface area contributed by atoms with Crippen LogP contribution in [-0.4, -0.2) is 31.4 Å². The summed E-state index contributed by atoms with van der Waals surface area (Å²) in [4.78, 5) is 39.9. The van der Waals surface area contributed by atoms with Crippen molar-refractivity contribution in [2.75, 3.05) is 13.7 Å². The van der Waals surface area contributed by atoms with Gasteiger partial charge in [0.1, 0.15) is 17.3 Å². The van der Waals surface area contributed by atoms with Gasteiger partial charge in [0.15, 0.2) is 5.41 Å². The smallest absolute Gasteiger partial charge is 0.323 e. The van der Waals surface area contributed by atoms with Gasteiger partial charge in [-0.2, -0.15) is 0 Å². The molecule has 2 aromatic rings. The summed E-state index contributed by atoms with van der Waals surface area (Å²) in [6, 6.07) is 10.8. The van der Waals surface area contributed by atoms with Crippen LogP contribution in [-0.2, 0) is 25.7 Å². The largest absolute Gasteiger partial charge is 0.497 e. The number of Topliss-reactive ketones (excluding diaryl/α,β-unsaturated/α-hetero) is 1. The maximum Gasteiger partial charge on any atom is 0.323 e. The topological polar surface area (TPSA) is 81.7 Å². The van der Waals surface area contributed by atoms with Gasteiger partial charge in [-0.15, -0.1) is 0 Å². The normalized spacial score (nSPS) is 22.5. The van der Waals surface area contributed by atoms with E-state index in [0.717, 1.165) is 11.1 Å². The number of ketones is 1. The lowest BCUT2D eigenvalue weighted by Gasteiger charge is -2.34. The summed E-state index contributed by atoms with van der Waals surface area (Å²) in [6.07, 6.45) is 0.0514. The van der Waals surface area contributed by atoms with Gasteiger partial charge in [-0.05, 0) is 60.7 Å². The lowest BCUT2D eigenvalue weighted by atomic mass is 9.69. The summed E-state index contributed by atoms with van der Waals surface area (Å²) < 4.78 is 24.0. The Hall–Kier alpha value is -3.22. The number of ether oxygens (including phenoxy) is 2. The van der Waals surface area contributed by atoms with Gasteiger partial charge >= 0.3 is 5.97 Å². The number of nitrogens with one attached hydrogen (secondary N) is 1. The summed E-state index contributed by atoms with van der Waals surface area (Å²) in [7, 11) is 1.58. The highest BCUT2D eigenvalue weighted by atomic mass is 19.1. The second-order valence-electron chi connectivity index (χ2n) is 8.12. The molecular formula is C25H28FNO5. The minimum absolute atomic E-state index is 0.0514. The Morgan fingerprint density at radius 3 is 2.47 bits per heavy atom. The quantitative estimate of drug-likeness (QED) is 0.523. The molecule has 3 atom stereocenters. The lowest BCUT2D eigenvalue weighted by Crippen LogP contribution is -2.52. The molecule has 0 aromatic heterocycles. The number of rotatable bonds is 7. The number of amides is 1. The number of hydrogen-bond donors (Lipinski definition) is 1. The molecule has 170 valence electrons. The van der Waals surface area contributed by atoms with Gasteiger partial charge in [-0.3, -0.25) is 14.4 Å². The van der Waals surface area contributed by atoms with Gasteiger partial charge in [-0.25, -0.2) is 4.39 Å². The molecule has 7 heteroatoms. The second kappa shape index (κ2) is 9.51. The van der Waals surface area contributed by atoms with Crippen molar-refractivity contribution in [3.05, 3.63) is 65.0 Å². The average Bonchev–Trinajstić information content (AvgIpc) is 3.04. The molecule has 0 aliphatic heterocycles. The van der Waals surface area contributed by atoms with Gasteiger partial charge in [0.2, 0.25) is 5.91 Å². The first-order valence-electron chi connectivity index (χ1n) is 10.6. The van der Waals surface area contributed by atoms with Crippen molar-refractivity contribution in [3.8, 4) is 5.75 Å². The first kappa shape index (κ1) is 23.4. The van der Waals surface area contributed by atoms with E-state index < -0.39 is 34.9 Å². The zero-order valence-electron chi connectivity index (χ0n) is 18.7. The third kappa shape index (κ3) is 4.11. The van der Waals surface area contributed by atoms with E-state index in [1.54, 1.807) is 27.0 Å². The molecule has 0 saturated heterocycles. The molecule has 0 spiro atoms. The van der Waals surface area contributed by atoms with E-state index in [1.165, 1.54) is 24.3 Å². The predicted molar refractivity (Wildman–Crippen MR) is 117 cm³/mol. The summed E-state index contributed by atoms with van der Waals surface area (Å²) in [5, 5.41) is 2.85. The number of benzene rings is 2. The van der Waals surface area contributed by atoms with Crippen molar-refractivity contribution in [1.29, 1.82) is 0 Å². The van der Waals surface area contributed by atoms with Gasteiger partial charge < -0.3 is 14.8 Å². The molecule has 3 rings (SSSR count). The number of esters is 1. The Morgan fingerprint density at radius 1 is 1.19 bits per heavy atom. The Labute approximate surface area is 187 Å². The van der Waals surface area contributed by atoms with E-state index >= 15 is 0 Å². The third-order valence-corrected chi connectivity index (χ3v) is 6.24. The molecule has 1 N–H and O–H groups in total. The molecule has 1 aliphatic rings. The van der Waals surface area contributed by atoms with Crippen molar-refractivity contribution in [3.63, 3.8) is 0 Å². The van der Waals surface area contributed by atoms with Crippen LogP contribution in [0, 0.1) is 24.1 Å². The SMILES string of the molecule is CCOC(=O)C1(C(=O)NCc2ccc(OC)cc2C)C(C)CC(=O)C1c1ccc(F)cc1. The standard InChI is InChI=1S/C25H28FNO5/c1-5-32-24(30)25(23(29)27-14-18-8-11-20(31-4)12-15(18)2)16(3)13-21(28)22(25)17-6-9-19(26)10-7-17/h6-12,16,22H,5,13-14H2,1-4H3,(H,27,29). The zero-order chi connectivity index (χ0) is 23.5. The molecule has 1 amide bonds. The number of carbonyl (C=O) groups excluding carboxylic acids is 3. The fourth-order valence-electron chi connectivity index (χ4n) is 4.56. The number of methoxy groups -OCH3 is 1. The van der Waals surface area contributed by atoms with Crippen molar-refractivity contribution in [2.45, 2.75) is 39.7 Å². The number of halogens is 1. The molecule has 6 nitrogen and oxygen atoms in total. The van der Waals surface area contributed by atoms with E-state index in [9.17, 15) is 18.8 Å². The van der Waals surface area contributed by atoms with E-state index in [4.69, 9.17) is 9.47 Å². The van der Waals surface area contributed by atoms with E-state index in [0.29, 0.717) is 11.3 Å². The monoisotopic (exact) mass is 441 g/mol. The van der Waals surface area contributed by atoms with Crippen molar-refractivity contribution in [1.82, 2.24) is 5.32 Å².